The van der Waals surface area contributed by atoms with Crippen LogP contribution in [0.25, 0.3) is 5.69 Å². The Labute approximate surface area is 164 Å². The Hall–Kier alpha value is -2.62. The fourth-order valence-electron chi connectivity index (χ4n) is 3.37. The van der Waals surface area contributed by atoms with Crippen molar-refractivity contribution < 1.29 is 8.42 Å². The van der Waals surface area contributed by atoms with Gasteiger partial charge in [0.25, 0.3) is 0 Å². The zero-order chi connectivity index (χ0) is 19.6. The van der Waals surface area contributed by atoms with Crippen LogP contribution in [-0.4, -0.2) is 64.0 Å². The lowest BCUT2D eigenvalue weighted by molar-refractivity contribution is 0.181. The quantitative estimate of drug-likeness (QED) is 0.647. The maximum atomic E-state index is 13.1. The lowest BCUT2D eigenvalue weighted by Gasteiger charge is -2.34. The first-order valence-electron chi connectivity index (χ1n) is 9.14. The number of rotatable bonds is 5. The Balaban J connectivity index is 1.45. The molecule has 0 unspecified atom stereocenters. The second kappa shape index (κ2) is 7.78. The molecule has 3 aromatic rings. The molecular formula is C19H22N6O2S. The molecule has 0 spiro atoms. The first kappa shape index (κ1) is 18.7. The minimum Gasteiger partial charge on any atom is -0.296 e. The highest BCUT2D eigenvalue weighted by molar-refractivity contribution is 7.89. The summed E-state index contributed by atoms with van der Waals surface area (Å²) in [5.74, 6) is 0. The van der Waals surface area contributed by atoms with E-state index in [1.165, 1.54) is 22.1 Å². The largest absolute Gasteiger partial charge is 0.296 e. The summed E-state index contributed by atoms with van der Waals surface area (Å²) in [4.78, 5) is 2.55. The van der Waals surface area contributed by atoms with E-state index in [2.05, 4.69) is 39.5 Å². The molecule has 146 valence electrons. The Kier molecular flexibility index (Phi) is 5.21. The van der Waals surface area contributed by atoms with E-state index in [4.69, 9.17) is 0 Å². The summed E-state index contributed by atoms with van der Waals surface area (Å²) < 4.78 is 29.1. The highest BCUT2D eigenvalue weighted by Gasteiger charge is 2.28. The average Bonchev–Trinajstić information content (AvgIpc) is 3.25. The zero-order valence-corrected chi connectivity index (χ0v) is 16.5. The minimum absolute atomic E-state index is 0.257. The van der Waals surface area contributed by atoms with Crippen LogP contribution in [-0.2, 0) is 16.6 Å². The molecule has 0 N–H and O–H groups in total. The molecular weight excluding hydrogens is 376 g/mol. The van der Waals surface area contributed by atoms with E-state index < -0.39 is 10.0 Å². The van der Waals surface area contributed by atoms with Crippen LogP contribution in [0, 0.1) is 6.92 Å². The van der Waals surface area contributed by atoms with E-state index in [0.717, 1.165) is 6.54 Å². The van der Waals surface area contributed by atoms with E-state index >= 15 is 0 Å². The standard InChI is InChI=1S/C19H22N6O2S/c1-16-5-2-3-6-17(16)14-23-9-11-24(12-10-23)28(26,27)19-8-4-7-18(13-19)25-15-20-21-22-25/h2-8,13,15H,9-12,14H2,1H3. The number of benzene rings is 2. The summed E-state index contributed by atoms with van der Waals surface area (Å²) in [7, 11) is -3.56. The average molecular weight is 398 g/mol. The first-order valence-corrected chi connectivity index (χ1v) is 10.6. The molecule has 1 fully saturated rings. The number of hydrogen-bond acceptors (Lipinski definition) is 6. The summed E-state index contributed by atoms with van der Waals surface area (Å²) in [5, 5.41) is 11.0. The second-order valence-corrected chi connectivity index (χ2v) is 8.80. The van der Waals surface area contributed by atoms with E-state index in [0.29, 0.717) is 31.9 Å². The van der Waals surface area contributed by atoms with Gasteiger partial charge in [-0.2, -0.15) is 4.31 Å². The third-order valence-electron chi connectivity index (χ3n) is 5.06. The van der Waals surface area contributed by atoms with E-state index in [-0.39, 0.29) is 4.90 Å². The molecule has 1 aromatic heterocycles. The molecule has 2 heterocycles. The summed E-state index contributed by atoms with van der Waals surface area (Å²) in [5.41, 5.74) is 3.16. The Morgan fingerprint density at radius 3 is 2.50 bits per heavy atom. The summed E-state index contributed by atoms with van der Waals surface area (Å²) in [6, 6.07) is 15.0. The topological polar surface area (TPSA) is 84.2 Å². The van der Waals surface area contributed by atoms with Crippen molar-refractivity contribution in [1.29, 1.82) is 0 Å². The van der Waals surface area contributed by atoms with Crippen LogP contribution in [0.2, 0.25) is 0 Å². The van der Waals surface area contributed by atoms with Gasteiger partial charge in [0.05, 0.1) is 10.6 Å². The minimum atomic E-state index is -3.56. The van der Waals surface area contributed by atoms with Gasteiger partial charge in [-0.15, -0.1) is 5.10 Å². The van der Waals surface area contributed by atoms with Crippen molar-refractivity contribution in [2.45, 2.75) is 18.4 Å². The second-order valence-electron chi connectivity index (χ2n) is 6.86. The molecule has 0 aliphatic carbocycles. The van der Waals surface area contributed by atoms with Gasteiger partial charge >= 0.3 is 0 Å². The highest BCUT2D eigenvalue weighted by atomic mass is 32.2. The van der Waals surface area contributed by atoms with Gasteiger partial charge in [-0.1, -0.05) is 30.3 Å². The molecule has 0 radical (unpaired) electrons. The van der Waals surface area contributed by atoms with Crippen LogP contribution in [0.4, 0.5) is 0 Å². The summed E-state index contributed by atoms with van der Waals surface area (Å²) in [6.07, 6.45) is 1.44. The molecule has 0 atom stereocenters. The predicted octanol–water partition coefficient (Wildman–Crippen LogP) is 1.48. The molecule has 1 aliphatic rings. The molecule has 8 nitrogen and oxygen atoms in total. The molecule has 4 rings (SSSR count). The van der Waals surface area contributed by atoms with Gasteiger partial charge in [0, 0.05) is 32.7 Å². The normalized spacial score (nSPS) is 16.3. The number of sulfonamides is 1. The van der Waals surface area contributed by atoms with Crippen LogP contribution in [0.5, 0.6) is 0 Å². The molecule has 1 saturated heterocycles. The molecule has 0 bridgehead atoms. The third kappa shape index (κ3) is 3.82. The van der Waals surface area contributed by atoms with E-state index in [1.54, 1.807) is 28.6 Å². The van der Waals surface area contributed by atoms with E-state index in [1.807, 2.05) is 12.1 Å². The number of nitrogens with zero attached hydrogens (tertiary/aromatic N) is 6. The molecule has 28 heavy (non-hydrogen) atoms. The van der Waals surface area contributed by atoms with Crippen molar-refractivity contribution in [1.82, 2.24) is 29.4 Å². The van der Waals surface area contributed by atoms with Crippen LogP contribution in [0.3, 0.4) is 0 Å². The van der Waals surface area contributed by atoms with Gasteiger partial charge in [-0.3, -0.25) is 4.90 Å². The van der Waals surface area contributed by atoms with Crippen molar-refractivity contribution >= 4 is 10.0 Å². The van der Waals surface area contributed by atoms with Crippen molar-refractivity contribution in [2.75, 3.05) is 26.2 Å². The van der Waals surface area contributed by atoms with Crippen LogP contribution < -0.4 is 0 Å². The maximum Gasteiger partial charge on any atom is 0.243 e. The Bertz CT molecular complexity index is 1040. The van der Waals surface area contributed by atoms with Crippen LogP contribution in [0.15, 0.2) is 59.8 Å². The lowest BCUT2D eigenvalue weighted by atomic mass is 10.1. The SMILES string of the molecule is Cc1ccccc1CN1CCN(S(=O)(=O)c2cccc(-n3cnnn3)c2)CC1. The smallest absolute Gasteiger partial charge is 0.243 e. The van der Waals surface area contributed by atoms with Crippen molar-refractivity contribution in [3.8, 4) is 5.69 Å². The fraction of sp³-hybridized carbons (Fsp3) is 0.316. The number of tetrazole rings is 1. The number of hydrogen-bond donors (Lipinski definition) is 0. The third-order valence-corrected chi connectivity index (χ3v) is 6.95. The van der Waals surface area contributed by atoms with Crippen molar-refractivity contribution in [2.24, 2.45) is 0 Å². The first-order chi connectivity index (χ1) is 13.5. The van der Waals surface area contributed by atoms with Gasteiger partial charge in [0.1, 0.15) is 6.33 Å². The molecule has 0 amide bonds. The zero-order valence-electron chi connectivity index (χ0n) is 15.6. The van der Waals surface area contributed by atoms with Crippen molar-refractivity contribution in [3.63, 3.8) is 0 Å². The van der Waals surface area contributed by atoms with Gasteiger partial charge in [-0.25, -0.2) is 13.1 Å². The number of piperazine rings is 1. The van der Waals surface area contributed by atoms with E-state index in [9.17, 15) is 8.42 Å². The summed E-state index contributed by atoms with van der Waals surface area (Å²) in [6.45, 7) is 5.32. The fourth-order valence-corrected chi connectivity index (χ4v) is 4.83. The van der Waals surface area contributed by atoms with Gasteiger partial charge in [0.15, 0.2) is 0 Å². The maximum absolute atomic E-state index is 13.1. The van der Waals surface area contributed by atoms with Crippen molar-refractivity contribution in [3.05, 3.63) is 66.0 Å². The van der Waals surface area contributed by atoms with Gasteiger partial charge < -0.3 is 0 Å². The van der Waals surface area contributed by atoms with Crippen LogP contribution >= 0.6 is 0 Å². The molecule has 0 saturated carbocycles. The highest BCUT2D eigenvalue weighted by Crippen LogP contribution is 2.21. The summed E-state index contributed by atoms with van der Waals surface area (Å²) >= 11 is 0. The van der Waals surface area contributed by atoms with Gasteiger partial charge in [-0.05, 0) is 46.7 Å². The monoisotopic (exact) mass is 398 g/mol. The number of aryl methyl sites for hydroxylation is 1. The molecule has 9 heteroatoms. The predicted molar refractivity (Wildman–Crippen MR) is 104 cm³/mol. The van der Waals surface area contributed by atoms with Crippen LogP contribution in [0.1, 0.15) is 11.1 Å². The lowest BCUT2D eigenvalue weighted by Crippen LogP contribution is -2.48. The molecule has 1 aliphatic heterocycles. The number of aromatic nitrogens is 4. The molecule has 2 aromatic carbocycles. The van der Waals surface area contributed by atoms with Gasteiger partial charge in [0.2, 0.25) is 10.0 Å². The Morgan fingerprint density at radius 2 is 1.79 bits per heavy atom. The Morgan fingerprint density at radius 1 is 1.00 bits per heavy atom.